The highest BCUT2D eigenvalue weighted by molar-refractivity contribution is 5.79. The van der Waals surface area contributed by atoms with Gasteiger partial charge in [0.1, 0.15) is 11.6 Å². The van der Waals surface area contributed by atoms with E-state index in [9.17, 15) is 0 Å². The van der Waals surface area contributed by atoms with Crippen LogP contribution in [0.4, 0.5) is 5.69 Å². The number of pyridine rings is 1. The number of benzene rings is 1. The Kier molecular flexibility index (Phi) is 2.63. The third-order valence-corrected chi connectivity index (χ3v) is 3.18. The van der Waals surface area contributed by atoms with Gasteiger partial charge in [0.2, 0.25) is 0 Å². The fourth-order valence-corrected chi connectivity index (χ4v) is 2.23. The maximum absolute atomic E-state index is 5.82. The molecule has 0 radical (unpaired) electrons. The average Bonchev–Trinajstić information content (AvgIpc) is 2.76. The number of hydrogen-bond donors (Lipinski definition) is 1. The van der Waals surface area contributed by atoms with Crippen LogP contribution in [0.3, 0.4) is 0 Å². The Labute approximate surface area is 111 Å². The van der Waals surface area contributed by atoms with Crippen molar-refractivity contribution in [1.29, 1.82) is 0 Å². The van der Waals surface area contributed by atoms with Crippen molar-refractivity contribution in [1.82, 2.24) is 9.38 Å². The van der Waals surface area contributed by atoms with Crippen LogP contribution in [0, 0.1) is 6.92 Å². The first-order valence-corrected chi connectivity index (χ1v) is 6.07. The van der Waals surface area contributed by atoms with E-state index in [1.54, 1.807) is 7.11 Å². The second-order valence-corrected chi connectivity index (χ2v) is 4.46. The molecular weight excluding hydrogens is 238 g/mol. The highest BCUT2D eigenvalue weighted by Gasteiger charge is 2.10. The Morgan fingerprint density at radius 3 is 2.84 bits per heavy atom. The van der Waals surface area contributed by atoms with Crippen LogP contribution < -0.4 is 10.5 Å². The fourth-order valence-electron chi connectivity index (χ4n) is 2.23. The maximum Gasteiger partial charge on any atom is 0.119 e. The van der Waals surface area contributed by atoms with Gasteiger partial charge in [-0.3, -0.25) is 0 Å². The number of nitrogen functional groups attached to an aromatic ring is 1. The van der Waals surface area contributed by atoms with Crippen LogP contribution in [0.1, 0.15) is 5.82 Å². The predicted octanol–water partition coefficient (Wildman–Crippen LogP) is 2.90. The summed E-state index contributed by atoms with van der Waals surface area (Å²) in [7, 11) is 1.66. The lowest BCUT2D eigenvalue weighted by Gasteiger charge is -2.03. The Morgan fingerprint density at radius 2 is 2.05 bits per heavy atom. The minimum atomic E-state index is 0.727. The smallest absolute Gasteiger partial charge is 0.119 e. The van der Waals surface area contributed by atoms with Crippen molar-refractivity contribution in [2.75, 3.05) is 12.8 Å². The molecule has 4 nitrogen and oxygen atoms in total. The summed E-state index contributed by atoms with van der Waals surface area (Å²) in [5, 5.41) is 0. The molecule has 3 rings (SSSR count). The van der Waals surface area contributed by atoms with Crippen LogP contribution in [-0.2, 0) is 0 Å². The zero-order chi connectivity index (χ0) is 13.4. The fraction of sp³-hybridized carbons (Fsp3) is 0.133. The molecule has 2 N–H and O–H groups in total. The first kappa shape index (κ1) is 11.6. The van der Waals surface area contributed by atoms with Crippen LogP contribution in [-0.4, -0.2) is 16.5 Å². The van der Waals surface area contributed by atoms with Gasteiger partial charge in [0.15, 0.2) is 0 Å². The predicted molar refractivity (Wildman–Crippen MR) is 76.3 cm³/mol. The molecule has 1 aromatic carbocycles. The van der Waals surface area contributed by atoms with Crippen LogP contribution in [0.2, 0.25) is 0 Å². The van der Waals surface area contributed by atoms with Gasteiger partial charge in [-0.25, -0.2) is 4.98 Å². The van der Waals surface area contributed by atoms with E-state index >= 15 is 0 Å². The van der Waals surface area contributed by atoms with Gasteiger partial charge in [-0.2, -0.15) is 0 Å². The number of nitrogens with zero attached hydrogens (tertiary/aromatic N) is 2. The zero-order valence-electron chi connectivity index (χ0n) is 10.9. The molecule has 3 aromatic rings. The summed E-state index contributed by atoms with van der Waals surface area (Å²) in [6.07, 6.45) is 1.89. The normalized spacial score (nSPS) is 10.8. The van der Waals surface area contributed by atoms with E-state index in [-0.39, 0.29) is 0 Å². The largest absolute Gasteiger partial charge is 0.497 e. The monoisotopic (exact) mass is 253 g/mol. The number of rotatable bonds is 2. The lowest BCUT2D eigenvalue weighted by Crippen LogP contribution is -1.91. The van der Waals surface area contributed by atoms with Gasteiger partial charge < -0.3 is 14.9 Å². The number of aryl methyl sites for hydroxylation is 1. The first-order valence-electron chi connectivity index (χ1n) is 6.07. The summed E-state index contributed by atoms with van der Waals surface area (Å²) in [6.45, 7) is 1.97. The lowest BCUT2D eigenvalue weighted by atomic mass is 10.1. The van der Waals surface area contributed by atoms with E-state index in [4.69, 9.17) is 10.5 Å². The molecule has 0 fully saturated rings. The maximum atomic E-state index is 5.82. The van der Waals surface area contributed by atoms with E-state index in [2.05, 4.69) is 4.98 Å². The number of methoxy groups -OCH3 is 1. The number of ether oxygens (including phenoxy) is 1. The zero-order valence-corrected chi connectivity index (χ0v) is 10.9. The van der Waals surface area contributed by atoms with Crippen molar-refractivity contribution in [2.24, 2.45) is 0 Å². The Hall–Kier alpha value is -2.49. The van der Waals surface area contributed by atoms with E-state index in [1.165, 1.54) is 0 Å². The minimum Gasteiger partial charge on any atom is -0.497 e. The molecule has 2 aromatic heterocycles. The molecular formula is C15H15N3O. The highest BCUT2D eigenvalue weighted by atomic mass is 16.5. The summed E-state index contributed by atoms with van der Waals surface area (Å²) in [6, 6.07) is 11.8. The number of aromatic nitrogens is 2. The molecule has 2 heterocycles. The summed E-state index contributed by atoms with van der Waals surface area (Å²) in [4.78, 5) is 4.63. The second-order valence-electron chi connectivity index (χ2n) is 4.46. The van der Waals surface area contributed by atoms with E-state index in [0.29, 0.717) is 0 Å². The van der Waals surface area contributed by atoms with Gasteiger partial charge in [0, 0.05) is 17.4 Å². The van der Waals surface area contributed by atoms with Crippen LogP contribution in [0.25, 0.3) is 16.8 Å². The molecule has 0 aliphatic rings. The van der Waals surface area contributed by atoms with Crippen LogP contribution >= 0.6 is 0 Å². The van der Waals surface area contributed by atoms with E-state index < -0.39 is 0 Å². The Balaban J connectivity index is 2.25. The van der Waals surface area contributed by atoms with Crippen LogP contribution in [0.5, 0.6) is 5.75 Å². The molecule has 0 saturated carbocycles. The van der Waals surface area contributed by atoms with Crippen LogP contribution in [0.15, 0.2) is 42.6 Å². The molecule has 4 heteroatoms. The number of nitrogens with two attached hydrogens (primary N) is 1. The summed E-state index contributed by atoms with van der Waals surface area (Å²) in [5.41, 5.74) is 9.56. The lowest BCUT2D eigenvalue weighted by molar-refractivity contribution is 0.415. The number of imidazole rings is 1. The molecule has 0 saturated heterocycles. The second kappa shape index (κ2) is 4.31. The van der Waals surface area contributed by atoms with Crippen molar-refractivity contribution < 1.29 is 4.74 Å². The molecule has 0 amide bonds. The van der Waals surface area contributed by atoms with Crippen molar-refractivity contribution >= 4 is 11.2 Å². The minimum absolute atomic E-state index is 0.727. The van der Waals surface area contributed by atoms with Gasteiger partial charge in [0.25, 0.3) is 0 Å². The number of fused-ring (bicyclic) bond motifs is 1. The molecule has 0 aliphatic carbocycles. The van der Waals surface area contributed by atoms with Crippen molar-refractivity contribution in [2.45, 2.75) is 6.92 Å². The summed E-state index contributed by atoms with van der Waals surface area (Å²) in [5.74, 6) is 1.74. The van der Waals surface area contributed by atoms with Crippen molar-refractivity contribution in [3.8, 4) is 17.0 Å². The molecule has 19 heavy (non-hydrogen) atoms. The van der Waals surface area contributed by atoms with Gasteiger partial charge in [-0.1, -0.05) is 12.1 Å². The summed E-state index contributed by atoms with van der Waals surface area (Å²) >= 11 is 0. The molecule has 0 atom stereocenters. The highest BCUT2D eigenvalue weighted by Crippen LogP contribution is 2.28. The van der Waals surface area contributed by atoms with E-state index in [1.807, 2.05) is 53.9 Å². The Bertz CT molecular complexity index is 746. The quantitative estimate of drug-likeness (QED) is 0.764. The SMILES string of the molecule is COc1cccc(-c2nc(C)n3cc(N)ccc23)c1. The van der Waals surface area contributed by atoms with E-state index in [0.717, 1.165) is 34.0 Å². The van der Waals surface area contributed by atoms with Crippen molar-refractivity contribution in [3.63, 3.8) is 0 Å². The third kappa shape index (κ3) is 1.91. The average molecular weight is 253 g/mol. The third-order valence-electron chi connectivity index (χ3n) is 3.18. The molecule has 0 bridgehead atoms. The number of anilines is 1. The first-order chi connectivity index (χ1) is 9.19. The molecule has 0 aliphatic heterocycles. The Morgan fingerprint density at radius 1 is 1.21 bits per heavy atom. The molecule has 0 unspecified atom stereocenters. The topological polar surface area (TPSA) is 52.5 Å². The van der Waals surface area contributed by atoms with Crippen molar-refractivity contribution in [3.05, 3.63) is 48.4 Å². The number of hydrogen-bond acceptors (Lipinski definition) is 3. The van der Waals surface area contributed by atoms with Gasteiger partial charge in [-0.15, -0.1) is 0 Å². The van der Waals surface area contributed by atoms with Gasteiger partial charge in [0.05, 0.1) is 18.3 Å². The summed E-state index contributed by atoms with van der Waals surface area (Å²) < 4.78 is 7.26. The van der Waals surface area contributed by atoms with Gasteiger partial charge >= 0.3 is 0 Å². The molecule has 0 spiro atoms. The standard InChI is InChI=1S/C15H15N3O/c1-10-17-15(11-4-3-5-13(8-11)19-2)14-7-6-12(16)9-18(10)14/h3-9H,16H2,1-2H3. The van der Waals surface area contributed by atoms with Gasteiger partial charge in [-0.05, 0) is 31.2 Å². The molecule has 96 valence electrons.